The second kappa shape index (κ2) is 67.9. The number of carbonyl (C=O) groups is 3. The van der Waals surface area contributed by atoms with Gasteiger partial charge in [-0.05, 0) is 57.8 Å². The van der Waals surface area contributed by atoms with Gasteiger partial charge in [0.1, 0.15) is 13.2 Å². The highest BCUT2D eigenvalue weighted by molar-refractivity contribution is 5.71. The number of esters is 3. The van der Waals surface area contributed by atoms with E-state index in [-0.39, 0.29) is 31.1 Å². The zero-order valence-corrected chi connectivity index (χ0v) is 53.2. The van der Waals surface area contributed by atoms with Crippen LogP contribution in [0.4, 0.5) is 0 Å². The SMILES string of the molecule is CC/C=C\C/C=C\C/C=C\C/C=C\CCCCCCCCC(=O)OC(COC(=O)CCCCCCCCCCCCCCCCCCCC)COC(=O)CCCCCCCCCCCCCCCCCCCCCCCCCC. The molecule has 0 heterocycles. The Hall–Kier alpha value is -2.63. The van der Waals surface area contributed by atoms with Crippen LogP contribution >= 0.6 is 0 Å². The molecule has 0 aromatic heterocycles. The van der Waals surface area contributed by atoms with E-state index in [1.165, 1.54) is 244 Å². The molecular formula is C73H134O6. The second-order valence-corrected chi connectivity index (χ2v) is 23.8. The molecule has 0 aliphatic heterocycles. The van der Waals surface area contributed by atoms with E-state index in [1.54, 1.807) is 0 Å². The standard InChI is InChI=1S/C73H134O6/c1-4-7-10-13-16-19-22-25-28-31-34-35-36-37-38-40-42-45-48-51-54-57-60-63-66-72(75)78-69-70(68-77-71(74)65-62-59-56-53-50-47-44-41-33-30-27-24-21-18-15-12-9-6-3)79-73(76)67-64-61-58-55-52-49-46-43-39-32-29-26-23-20-17-14-11-8-5-2/h8,11,17,20,26,29,39,43,70H,4-7,9-10,12-16,18-19,21-25,27-28,30-38,40-42,44-69H2,1-3H3/b11-8-,20-17-,29-26-,43-39-. The van der Waals surface area contributed by atoms with Crippen molar-refractivity contribution in [2.24, 2.45) is 0 Å². The number of hydrogen-bond donors (Lipinski definition) is 0. The highest BCUT2D eigenvalue weighted by Gasteiger charge is 2.19. The molecule has 0 bridgehead atoms. The molecule has 0 radical (unpaired) electrons. The molecule has 6 nitrogen and oxygen atoms in total. The summed E-state index contributed by atoms with van der Waals surface area (Å²) in [6.45, 7) is 6.60. The molecule has 0 saturated carbocycles. The van der Waals surface area contributed by atoms with Crippen molar-refractivity contribution in [3.8, 4) is 0 Å². The van der Waals surface area contributed by atoms with E-state index >= 15 is 0 Å². The molecule has 0 N–H and O–H groups in total. The molecule has 0 fully saturated rings. The van der Waals surface area contributed by atoms with E-state index < -0.39 is 6.10 Å². The van der Waals surface area contributed by atoms with E-state index in [4.69, 9.17) is 14.2 Å². The summed E-state index contributed by atoms with van der Waals surface area (Å²) in [4.78, 5) is 38.5. The van der Waals surface area contributed by atoms with Crippen LogP contribution in [0.15, 0.2) is 48.6 Å². The number of rotatable bonds is 65. The first-order valence-electron chi connectivity index (χ1n) is 35.1. The predicted octanol–water partition coefficient (Wildman–Crippen LogP) is 24.1. The summed E-state index contributed by atoms with van der Waals surface area (Å²) in [6.07, 6.45) is 85.6. The maximum atomic E-state index is 12.9. The minimum absolute atomic E-state index is 0.0737. The number of carbonyl (C=O) groups excluding carboxylic acids is 3. The number of unbranched alkanes of at least 4 members (excludes halogenated alkanes) is 46. The number of hydrogen-bond acceptors (Lipinski definition) is 6. The van der Waals surface area contributed by atoms with Crippen LogP contribution in [0.3, 0.4) is 0 Å². The van der Waals surface area contributed by atoms with Crippen LogP contribution in [0.5, 0.6) is 0 Å². The lowest BCUT2D eigenvalue weighted by atomic mass is 10.0. The van der Waals surface area contributed by atoms with Gasteiger partial charge in [-0.3, -0.25) is 14.4 Å². The van der Waals surface area contributed by atoms with Gasteiger partial charge in [0, 0.05) is 19.3 Å². The third-order valence-corrected chi connectivity index (χ3v) is 15.8. The van der Waals surface area contributed by atoms with Gasteiger partial charge in [0.25, 0.3) is 0 Å². The zero-order chi connectivity index (χ0) is 57.1. The first-order valence-corrected chi connectivity index (χ1v) is 35.1. The second-order valence-electron chi connectivity index (χ2n) is 23.8. The van der Waals surface area contributed by atoms with Gasteiger partial charge in [-0.2, -0.15) is 0 Å². The fourth-order valence-corrected chi connectivity index (χ4v) is 10.6. The Morgan fingerprint density at radius 2 is 0.494 bits per heavy atom. The van der Waals surface area contributed by atoms with Gasteiger partial charge in [-0.15, -0.1) is 0 Å². The predicted molar refractivity (Wildman–Crippen MR) is 344 cm³/mol. The van der Waals surface area contributed by atoms with Crippen molar-refractivity contribution in [2.45, 2.75) is 386 Å². The van der Waals surface area contributed by atoms with Crippen LogP contribution in [-0.4, -0.2) is 37.2 Å². The fourth-order valence-electron chi connectivity index (χ4n) is 10.6. The third kappa shape index (κ3) is 66.1. The molecular weight excluding hydrogens is 973 g/mol. The van der Waals surface area contributed by atoms with Crippen LogP contribution in [0.25, 0.3) is 0 Å². The van der Waals surface area contributed by atoms with Gasteiger partial charge < -0.3 is 14.2 Å². The molecule has 1 unspecified atom stereocenters. The Morgan fingerprint density at radius 3 is 0.772 bits per heavy atom. The molecule has 1 atom stereocenters. The van der Waals surface area contributed by atoms with Crippen LogP contribution in [0, 0.1) is 0 Å². The summed E-state index contributed by atoms with van der Waals surface area (Å²) in [7, 11) is 0. The van der Waals surface area contributed by atoms with Crippen molar-refractivity contribution >= 4 is 17.9 Å². The zero-order valence-electron chi connectivity index (χ0n) is 53.2. The summed E-state index contributed by atoms with van der Waals surface area (Å²) in [5, 5.41) is 0. The molecule has 79 heavy (non-hydrogen) atoms. The molecule has 0 aromatic rings. The van der Waals surface area contributed by atoms with Crippen LogP contribution in [-0.2, 0) is 28.6 Å². The lowest BCUT2D eigenvalue weighted by Gasteiger charge is -2.18. The molecule has 0 aromatic carbocycles. The van der Waals surface area contributed by atoms with Gasteiger partial charge in [0.05, 0.1) is 0 Å². The molecule has 0 spiro atoms. The maximum Gasteiger partial charge on any atom is 0.306 e. The van der Waals surface area contributed by atoms with Crippen LogP contribution in [0.1, 0.15) is 380 Å². The highest BCUT2D eigenvalue weighted by Crippen LogP contribution is 2.19. The quantitative estimate of drug-likeness (QED) is 0.0261. The number of allylic oxidation sites excluding steroid dienone is 8. The van der Waals surface area contributed by atoms with Crippen molar-refractivity contribution in [1.82, 2.24) is 0 Å². The first-order chi connectivity index (χ1) is 39.0. The van der Waals surface area contributed by atoms with Crippen LogP contribution in [0.2, 0.25) is 0 Å². The summed E-state index contributed by atoms with van der Waals surface area (Å²) in [5.41, 5.74) is 0. The Bertz CT molecular complexity index is 1360. The summed E-state index contributed by atoms with van der Waals surface area (Å²) >= 11 is 0. The maximum absolute atomic E-state index is 12.9. The van der Waals surface area contributed by atoms with Gasteiger partial charge in [-0.1, -0.05) is 352 Å². The lowest BCUT2D eigenvalue weighted by molar-refractivity contribution is -0.167. The summed E-state index contributed by atoms with van der Waals surface area (Å²) in [6, 6.07) is 0. The van der Waals surface area contributed by atoms with E-state index in [2.05, 4.69) is 69.4 Å². The molecule has 0 saturated heterocycles. The monoisotopic (exact) mass is 1110 g/mol. The van der Waals surface area contributed by atoms with Gasteiger partial charge in [0.2, 0.25) is 0 Å². The highest BCUT2D eigenvalue weighted by atomic mass is 16.6. The largest absolute Gasteiger partial charge is 0.462 e. The van der Waals surface area contributed by atoms with Gasteiger partial charge in [0.15, 0.2) is 6.10 Å². The Balaban J connectivity index is 4.31. The van der Waals surface area contributed by atoms with E-state index in [1.807, 2.05) is 0 Å². The average molecular weight is 1110 g/mol. The molecule has 462 valence electrons. The van der Waals surface area contributed by atoms with Crippen molar-refractivity contribution in [3.63, 3.8) is 0 Å². The number of ether oxygens (including phenoxy) is 3. The smallest absolute Gasteiger partial charge is 0.306 e. The lowest BCUT2D eigenvalue weighted by Crippen LogP contribution is -2.30. The minimum atomic E-state index is -0.779. The third-order valence-electron chi connectivity index (χ3n) is 15.8. The molecule has 0 rings (SSSR count). The summed E-state index contributed by atoms with van der Waals surface area (Å²) in [5.74, 6) is -0.858. The molecule has 0 amide bonds. The Labute approximate surface area is 492 Å². The Morgan fingerprint density at radius 1 is 0.266 bits per heavy atom. The average Bonchev–Trinajstić information content (AvgIpc) is 3.45. The molecule has 0 aliphatic carbocycles. The van der Waals surface area contributed by atoms with Crippen molar-refractivity contribution in [2.75, 3.05) is 13.2 Å². The fraction of sp³-hybridized carbons (Fsp3) is 0.849. The van der Waals surface area contributed by atoms with Crippen molar-refractivity contribution in [3.05, 3.63) is 48.6 Å². The van der Waals surface area contributed by atoms with Gasteiger partial charge in [-0.25, -0.2) is 0 Å². The van der Waals surface area contributed by atoms with Crippen molar-refractivity contribution < 1.29 is 28.6 Å². The van der Waals surface area contributed by atoms with E-state index in [9.17, 15) is 14.4 Å². The van der Waals surface area contributed by atoms with E-state index in [0.29, 0.717) is 19.3 Å². The van der Waals surface area contributed by atoms with Gasteiger partial charge >= 0.3 is 17.9 Å². The Kier molecular flexibility index (Phi) is 65.6. The topological polar surface area (TPSA) is 78.9 Å². The summed E-state index contributed by atoms with van der Waals surface area (Å²) < 4.78 is 17.0. The molecule has 6 heteroatoms. The minimum Gasteiger partial charge on any atom is -0.462 e. The first kappa shape index (κ1) is 76.4. The van der Waals surface area contributed by atoms with Crippen molar-refractivity contribution in [1.29, 1.82) is 0 Å². The van der Waals surface area contributed by atoms with E-state index in [0.717, 1.165) is 96.3 Å². The normalized spacial score (nSPS) is 12.3. The van der Waals surface area contributed by atoms with Crippen LogP contribution < -0.4 is 0 Å². The molecule has 0 aliphatic rings.